The molecule has 176 valence electrons. The summed E-state index contributed by atoms with van der Waals surface area (Å²) in [6.45, 7) is 2.78. The minimum absolute atomic E-state index is 0.239. The molecule has 3 aromatic rings. The third-order valence-electron chi connectivity index (χ3n) is 7.83. The van der Waals surface area contributed by atoms with Crippen LogP contribution in [0.2, 0.25) is 0 Å². The number of carbonyl (C=O) groups is 1. The molecular formula is C28H30N2O4. The molecule has 2 aromatic carbocycles. The summed E-state index contributed by atoms with van der Waals surface area (Å²) in [6.07, 6.45) is 3.87. The van der Waals surface area contributed by atoms with Gasteiger partial charge in [0.15, 0.2) is 5.76 Å². The van der Waals surface area contributed by atoms with Crippen LogP contribution in [0, 0.1) is 5.92 Å². The van der Waals surface area contributed by atoms with Crippen LogP contribution in [-0.2, 0) is 6.54 Å². The van der Waals surface area contributed by atoms with E-state index in [4.69, 9.17) is 13.9 Å². The van der Waals surface area contributed by atoms with Crippen LogP contribution in [0.1, 0.15) is 42.3 Å². The Bertz CT molecular complexity index is 1180. The maximum Gasteiger partial charge on any atom is 0.287 e. The van der Waals surface area contributed by atoms with Gasteiger partial charge in [-0.25, -0.2) is 0 Å². The van der Waals surface area contributed by atoms with Crippen molar-refractivity contribution in [2.45, 2.75) is 57.0 Å². The minimum atomic E-state index is -0.239. The standard InChI is InChI=1S/C28H30N2O4/c1-17-24-14-20-13-23(15-25(24)30(17)20)33-22-5-3-4-18(12-22)16-29-28(31)27-11-10-26(34-27)19-6-8-21(32-2)9-7-19/h3-12,17,20,23-25H,13-16H2,1-2H3,(H,29,31)/t17?,20-,23-,24?,25+/m0/s1. The van der Waals surface area contributed by atoms with Gasteiger partial charge in [-0.3, -0.25) is 9.69 Å². The Hall–Kier alpha value is -3.25. The molecular weight excluding hydrogens is 428 g/mol. The first-order chi connectivity index (χ1) is 16.6. The number of methoxy groups -OCH3 is 1. The molecule has 34 heavy (non-hydrogen) atoms. The molecule has 6 heteroatoms. The number of hydrogen-bond acceptors (Lipinski definition) is 5. The van der Waals surface area contributed by atoms with Crippen LogP contribution in [0.25, 0.3) is 11.3 Å². The topological polar surface area (TPSA) is 63.9 Å². The van der Waals surface area contributed by atoms with Crippen LogP contribution in [0.3, 0.4) is 0 Å². The normalized spacial score (nSPS) is 28.8. The molecule has 0 aliphatic carbocycles. The summed E-state index contributed by atoms with van der Waals surface area (Å²) in [5, 5.41) is 2.95. The number of furan rings is 1. The van der Waals surface area contributed by atoms with Crippen LogP contribution in [0.15, 0.2) is 65.1 Å². The molecule has 6 atom stereocenters. The second-order valence-electron chi connectivity index (χ2n) is 9.74. The highest BCUT2D eigenvalue weighted by atomic mass is 16.5. The van der Waals surface area contributed by atoms with E-state index < -0.39 is 0 Å². The van der Waals surface area contributed by atoms with Crippen molar-refractivity contribution >= 4 is 5.91 Å². The van der Waals surface area contributed by atoms with Crippen molar-refractivity contribution in [1.29, 1.82) is 0 Å². The molecule has 5 heterocycles. The molecule has 0 spiro atoms. The molecule has 0 saturated carbocycles. The maximum absolute atomic E-state index is 12.6. The van der Waals surface area contributed by atoms with E-state index in [-0.39, 0.29) is 12.0 Å². The van der Waals surface area contributed by atoms with E-state index in [0.717, 1.165) is 53.5 Å². The third-order valence-corrected chi connectivity index (χ3v) is 7.83. The monoisotopic (exact) mass is 458 g/mol. The van der Waals surface area contributed by atoms with Gasteiger partial charge in [0.05, 0.1) is 7.11 Å². The molecule has 1 aromatic heterocycles. The van der Waals surface area contributed by atoms with Crippen molar-refractivity contribution in [3.63, 3.8) is 0 Å². The molecule has 4 saturated heterocycles. The second-order valence-corrected chi connectivity index (χ2v) is 9.74. The first-order valence-electron chi connectivity index (χ1n) is 12.1. The van der Waals surface area contributed by atoms with Gasteiger partial charge in [0.1, 0.15) is 23.4 Å². The summed E-state index contributed by atoms with van der Waals surface area (Å²) in [6, 6.07) is 21.3. The zero-order valence-electron chi connectivity index (χ0n) is 19.6. The fourth-order valence-corrected chi connectivity index (χ4v) is 6.20. The predicted octanol–water partition coefficient (Wildman–Crippen LogP) is 4.89. The van der Waals surface area contributed by atoms with E-state index in [1.807, 2.05) is 54.6 Å². The van der Waals surface area contributed by atoms with E-state index >= 15 is 0 Å². The molecule has 4 bridgehead atoms. The number of carbonyl (C=O) groups excluding carboxylic acids is 1. The lowest BCUT2D eigenvalue weighted by molar-refractivity contribution is -0.0505. The number of benzene rings is 2. The maximum atomic E-state index is 12.6. The van der Waals surface area contributed by atoms with E-state index in [1.54, 1.807) is 13.2 Å². The van der Waals surface area contributed by atoms with Crippen molar-refractivity contribution in [2.75, 3.05) is 7.11 Å². The van der Waals surface area contributed by atoms with Gasteiger partial charge in [0.2, 0.25) is 0 Å². The average Bonchev–Trinajstić information content (AvgIpc) is 3.55. The third kappa shape index (κ3) is 3.76. The molecule has 0 radical (unpaired) electrons. The van der Waals surface area contributed by atoms with Gasteiger partial charge in [-0.05, 0) is 79.8 Å². The Balaban J connectivity index is 1.04. The Morgan fingerprint density at radius 2 is 1.91 bits per heavy atom. The predicted molar refractivity (Wildman–Crippen MR) is 129 cm³/mol. The molecule has 3 unspecified atom stereocenters. The Morgan fingerprint density at radius 1 is 1.06 bits per heavy atom. The number of rotatable bonds is 7. The molecule has 7 rings (SSSR count). The quantitative estimate of drug-likeness (QED) is 0.546. The highest BCUT2D eigenvalue weighted by Gasteiger charge is 2.59. The minimum Gasteiger partial charge on any atom is -0.497 e. The van der Waals surface area contributed by atoms with E-state index in [1.165, 1.54) is 6.42 Å². The van der Waals surface area contributed by atoms with Crippen LogP contribution < -0.4 is 14.8 Å². The SMILES string of the molecule is COc1ccc(-c2ccc(C(=O)NCc3cccc(O[C@H]4C[C@H]5CC6C(C)N5[C@@H]6C4)c3)o2)cc1. The Labute approximate surface area is 199 Å². The van der Waals surface area contributed by atoms with Crippen molar-refractivity contribution in [1.82, 2.24) is 10.2 Å². The van der Waals surface area contributed by atoms with Crippen molar-refractivity contribution < 1.29 is 18.7 Å². The summed E-state index contributed by atoms with van der Waals surface area (Å²) in [7, 11) is 1.63. The molecule has 1 N–H and O–H groups in total. The smallest absolute Gasteiger partial charge is 0.287 e. The van der Waals surface area contributed by atoms with Gasteiger partial charge in [-0.15, -0.1) is 0 Å². The van der Waals surface area contributed by atoms with E-state index in [0.29, 0.717) is 24.1 Å². The Morgan fingerprint density at radius 3 is 2.71 bits per heavy atom. The van der Waals surface area contributed by atoms with Gasteiger partial charge < -0.3 is 19.2 Å². The summed E-state index contributed by atoms with van der Waals surface area (Å²) in [5.41, 5.74) is 1.90. The molecule has 4 fully saturated rings. The van der Waals surface area contributed by atoms with Crippen LogP contribution in [0.5, 0.6) is 11.5 Å². The van der Waals surface area contributed by atoms with Gasteiger partial charge in [-0.1, -0.05) is 12.1 Å². The number of piperidine rings is 1. The van der Waals surface area contributed by atoms with E-state index in [2.05, 4.69) is 17.1 Å². The van der Waals surface area contributed by atoms with Crippen molar-refractivity contribution in [2.24, 2.45) is 5.92 Å². The van der Waals surface area contributed by atoms with Crippen molar-refractivity contribution in [3.05, 3.63) is 72.0 Å². The molecule has 4 aliphatic heterocycles. The number of nitrogens with one attached hydrogen (secondary N) is 1. The number of ether oxygens (including phenoxy) is 2. The summed E-state index contributed by atoms with van der Waals surface area (Å²) >= 11 is 0. The van der Waals surface area contributed by atoms with E-state index in [9.17, 15) is 4.79 Å². The summed E-state index contributed by atoms with van der Waals surface area (Å²) in [4.78, 5) is 15.3. The second kappa shape index (κ2) is 8.51. The van der Waals surface area contributed by atoms with Gasteiger partial charge in [0.25, 0.3) is 5.91 Å². The lowest BCUT2D eigenvalue weighted by atomic mass is 9.82. The Kier molecular flexibility index (Phi) is 5.33. The van der Waals surface area contributed by atoms with Crippen LogP contribution >= 0.6 is 0 Å². The fraction of sp³-hybridized carbons (Fsp3) is 0.393. The average molecular weight is 459 g/mol. The molecule has 1 amide bonds. The van der Waals surface area contributed by atoms with Gasteiger partial charge in [-0.2, -0.15) is 0 Å². The first kappa shape index (κ1) is 21.3. The zero-order chi connectivity index (χ0) is 23.2. The lowest BCUT2D eigenvalue weighted by Gasteiger charge is -2.51. The summed E-state index contributed by atoms with van der Waals surface area (Å²) in [5.74, 6) is 3.23. The first-order valence-corrected chi connectivity index (χ1v) is 12.1. The van der Waals surface area contributed by atoms with Gasteiger partial charge >= 0.3 is 0 Å². The molecule has 6 nitrogen and oxygen atoms in total. The fourth-order valence-electron chi connectivity index (χ4n) is 6.20. The number of nitrogens with zero attached hydrogens (tertiary/aromatic N) is 1. The largest absolute Gasteiger partial charge is 0.497 e. The van der Waals surface area contributed by atoms with Crippen LogP contribution in [0.4, 0.5) is 0 Å². The zero-order valence-corrected chi connectivity index (χ0v) is 19.6. The highest BCUT2D eigenvalue weighted by Crippen LogP contribution is 2.53. The number of hydrogen-bond donors (Lipinski definition) is 1. The van der Waals surface area contributed by atoms with Crippen molar-refractivity contribution in [3.8, 4) is 22.8 Å². The lowest BCUT2D eigenvalue weighted by Crippen LogP contribution is -2.61. The van der Waals surface area contributed by atoms with Crippen LogP contribution in [-0.4, -0.2) is 42.1 Å². The highest BCUT2D eigenvalue weighted by molar-refractivity contribution is 5.92. The van der Waals surface area contributed by atoms with Gasteiger partial charge in [0, 0.05) is 36.7 Å². The molecule has 4 aliphatic rings. The number of amides is 1. The summed E-state index contributed by atoms with van der Waals surface area (Å²) < 4.78 is 17.3.